The molecule has 0 saturated heterocycles. The van der Waals surface area contributed by atoms with Crippen LogP contribution in [0.1, 0.15) is 38.2 Å². The highest BCUT2D eigenvalue weighted by Gasteiger charge is 2.49. The molecule has 0 N–H and O–H groups in total. The molecular formula is C26H23NO2. The molecule has 2 aromatic rings. The van der Waals surface area contributed by atoms with Crippen LogP contribution < -0.4 is 0 Å². The molecule has 3 aliphatic carbocycles. The SMILES string of the molecule is C[C@]12C=CC3=CC4=C(CCCC4=O)O[C@H]3[C@@H]1CC=C2c1ccc2cccnc2c1. The van der Waals surface area contributed by atoms with Crippen LogP contribution in [0.25, 0.3) is 16.5 Å². The van der Waals surface area contributed by atoms with Gasteiger partial charge in [-0.15, -0.1) is 0 Å². The maximum Gasteiger partial charge on any atom is 0.166 e. The standard InChI is InChI=1S/C26H23NO2/c1-26-12-11-18-14-19-23(28)5-2-6-24(19)29-25(18)21(26)10-9-20(26)17-8-7-16-4-3-13-27-22(16)15-17/h3-4,7-9,11-15,21,25H,2,5-6,10H2,1H3/t21-,25+,26+/m0/s1. The second-order valence-corrected chi connectivity index (χ2v) is 8.78. The van der Waals surface area contributed by atoms with Crippen molar-refractivity contribution in [3.05, 3.63) is 83.3 Å². The van der Waals surface area contributed by atoms with Gasteiger partial charge in [0.05, 0.1) is 11.1 Å². The molecule has 3 atom stereocenters. The average Bonchev–Trinajstić information content (AvgIpc) is 3.10. The molecule has 0 radical (unpaired) electrons. The van der Waals surface area contributed by atoms with E-state index in [1.54, 1.807) is 0 Å². The summed E-state index contributed by atoms with van der Waals surface area (Å²) in [5.41, 5.74) is 5.50. The summed E-state index contributed by atoms with van der Waals surface area (Å²) >= 11 is 0. The average molecular weight is 381 g/mol. The highest BCUT2D eigenvalue weighted by Crippen LogP contribution is 2.56. The Hall–Kier alpha value is -2.94. The summed E-state index contributed by atoms with van der Waals surface area (Å²) in [5, 5.41) is 1.16. The molecule has 0 spiro atoms. The molecular weight excluding hydrogens is 358 g/mol. The number of benzene rings is 1. The fourth-order valence-corrected chi connectivity index (χ4v) is 5.54. The van der Waals surface area contributed by atoms with Crippen LogP contribution in [0.4, 0.5) is 0 Å². The zero-order chi connectivity index (χ0) is 19.6. The number of carbonyl (C=O) groups is 1. The number of allylic oxidation sites excluding steroid dienone is 6. The highest BCUT2D eigenvalue weighted by molar-refractivity contribution is 5.99. The molecule has 0 saturated carbocycles. The molecule has 2 heterocycles. The lowest BCUT2D eigenvalue weighted by molar-refractivity contribution is -0.116. The number of aromatic nitrogens is 1. The third-order valence-electron chi connectivity index (χ3n) is 7.15. The summed E-state index contributed by atoms with van der Waals surface area (Å²) < 4.78 is 6.49. The van der Waals surface area contributed by atoms with Gasteiger partial charge in [-0.2, -0.15) is 0 Å². The van der Waals surface area contributed by atoms with E-state index in [-0.39, 0.29) is 17.3 Å². The number of ether oxygens (including phenoxy) is 1. The molecule has 1 aliphatic heterocycles. The lowest BCUT2D eigenvalue weighted by atomic mass is 9.66. The quantitative estimate of drug-likeness (QED) is 0.650. The fraction of sp³-hybridized carbons (Fsp3) is 0.308. The Kier molecular flexibility index (Phi) is 3.53. The molecule has 1 aromatic heterocycles. The first-order valence-corrected chi connectivity index (χ1v) is 10.5. The van der Waals surface area contributed by atoms with E-state index in [4.69, 9.17) is 4.74 Å². The normalized spacial score (nSPS) is 30.3. The molecule has 0 fully saturated rings. The van der Waals surface area contributed by atoms with Crippen molar-refractivity contribution in [3.8, 4) is 0 Å². The number of hydrogen-bond acceptors (Lipinski definition) is 3. The van der Waals surface area contributed by atoms with Gasteiger partial charge >= 0.3 is 0 Å². The van der Waals surface area contributed by atoms with Crippen LogP contribution >= 0.6 is 0 Å². The van der Waals surface area contributed by atoms with E-state index in [9.17, 15) is 4.79 Å². The van der Waals surface area contributed by atoms with E-state index >= 15 is 0 Å². The monoisotopic (exact) mass is 381 g/mol. The van der Waals surface area contributed by atoms with Crippen LogP contribution in [-0.4, -0.2) is 16.9 Å². The maximum atomic E-state index is 12.3. The van der Waals surface area contributed by atoms with Crippen molar-refractivity contribution < 1.29 is 9.53 Å². The first-order chi connectivity index (χ1) is 14.1. The van der Waals surface area contributed by atoms with Gasteiger partial charge < -0.3 is 4.74 Å². The van der Waals surface area contributed by atoms with Crippen molar-refractivity contribution in [2.45, 2.75) is 38.7 Å². The lowest BCUT2D eigenvalue weighted by Gasteiger charge is -2.43. The van der Waals surface area contributed by atoms with Gasteiger partial charge in [0, 0.05) is 35.8 Å². The third kappa shape index (κ3) is 2.43. The first-order valence-electron chi connectivity index (χ1n) is 10.5. The second-order valence-electron chi connectivity index (χ2n) is 8.78. The maximum absolute atomic E-state index is 12.3. The topological polar surface area (TPSA) is 39.2 Å². The van der Waals surface area contributed by atoms with E-state index < -0.39 is 0 Å². The van der Waals surface area contributed by atoms with Gasteiger partial charge in [-0.25, -0.2) is 0 Å². The first kappa shape index (κ1) is 17.0. The predicted octanol–water partition coefficient (Wildman–Crippen LogP) is 5.55. The van der Waals surface area contributed by atoms with Gasteiger partial charge in [0.15, 0.2) is 5.78 Å². The Morgan fingerprint density at radius 2 is 2.14 bits per heavy atom. The molecule has 3 nitrogen and oxygen atoms in total. The van der Waals surface area contributed by atoms with E-state index in [0.29, 0.717) is 12.3 Å². The number of Topliss-reactive ketones (excluding diaryl/α,β-unsaturated/α-hetero) is 1. The Balaban J connectivity index is 1.39. The molecule has 0 amide bonds. The van der Waals surface area contributed by atoms with Crippen molar-refractivity contribution in [2.75, 3.05) is 0 Å². The molecule has 6 rings (SSSR count). The molecule has 144 valence electrons. The number of rotatable bonds is 1. The van der Waals surface area contributed by atoms with Gasteiger partial charge in [0.25, 0.3) is 0 Å². The minimum Gasteiger partial charge on any atom is -0.489 e. The third-order valence-corrected chi connectivity index (χ3v) is 7.15. The fourth-order valence-electron chi connectivity index (χ4n) is 5.54. The zero-order valence-corrected chi connectivity index (χ0v) is 16.5. The van der Waals surface area contributed by atoms with Crippen molar-refractivity contribution in [2.24, 2.45) is 11.3 Å². The highest BCUT2D eigenvalue weighted by atomic mass is 16.5. The number of pyridine rings is 1. The lowest BCUT2D eigenvalue weighted by Crippen LogP contribution is -2.40. The molecule has 29 heavy (non-hydrogen) atoms. The Morgan fingerprint density at radius 1 is 1.21 bits per heavy atom. The van der Waals surface area contributed by atoms with E-state index in [1.165, 1.54) is 11.1 Å². The largest absolute Gasteiger partial charge is 0.489 e. The molecule has 1 aromatic carbocycles. The van der Waals surface area contributed by atoms with Gasteiger partial charge in [0.2, 0.25) is 0 Å². The van der Waals surface area contributed by atoms with Gasteiger partial charge in [-0.3, -0.25) is 9.78 Å². The number of carbonyl (C=O) groups excluding carboxylic acids is 1. The second kappa shape index (κ2) is 6.03. The van der Waals surface area contributed by atoms with Crippen LogP contribution in [0.15, 0.2) is 77.7 Å². The predicted molar refractivity (Wildman–Crippen MR) is 114 cm³/mol. The minimum absolute atomic E-state index is 0.0296. The van der Waals surface area contributed by atoms with E-state index in [0.717, 1.165) is 47.1 Å². The smallest absolute Gasteiger partial charge is 0.166 e. The Labute approximate surface area is 170 Å². The molecule has 0 bridgehead atoms. The van der Waals surface area contributed by atoms with E-state index in [1.807, 2.05) is 12.3 Å². The molecule has 4 aliphatic rings. The van der Waals surface area contributed by atoms with Crippen LogP contribution in [0.3, 0.4) is 0 Å². The number of fused-ring (bicyclic) bond motifs is 4. The van der Waals surface area contributed by atoms with Gasteiger partial charge in [0.1, 0.15) is 11.9 Å². The molecule has 0 unspecified atom stereocenters. The summed E-state index contributed by atoms with van der Waals surface area (Å²) in [6, 6.07) is 10.7. The number of hydrogen-bond donors (Lipinski definition) is 0. The number of nitrogens with zero attached hydrogens (tertiary/aromatic N) is 1. The van der Waals surface area contributed by atoms with E-state index in [2.05, 4.69) is 60.5 Å². The summed E-state index contributed by atoms with van der Waals surface area (Å²) in [6.07, 6.45) is 14.3. The van der Waals surface area contributed by atoms with Crippen LogP contribution in [-0.2, 0) is 9.53 Å². The minimum atomic E-state index is -0.0821. The summed E-state index contributed by atoms with van der Waals surface area (Å²) in [4.78, 5) is 16.9. The van der Waals surface area contributed by atoms with Crippen LogP contribution in [0, 0.1) is 11.3 Å². The van der Waals surface area contributed by atoms with Crippen molar-refractivity contribution in [1.29, 1.82) is 0 Å². The van der Waals surface area contributed by atoms with Gasteiger partial charge in [-0.1, -0.05) is 43.4 Å². The zero-order valence-electron chi connectivity index (χ0n) is 16.5. The molecule has 3 heteroatoms. The summed E-state index contributed by atoms with van der Waals surface area (Å²) in [5.74, 6) is 1.49. The number of ketones is 1. The van der Waals surface area contributed by atoms with Crippen molar-refractivity contribution >= 4 is 22.3 Å². The Bertz CT molecular complexity index is 1180. The Morgan fingerprint density at radius 3 is 3.07 bits per heavy atom. The van der Waals surface area contributed by atoms with Crippen molar-refractivity contribution in [3.63, 3.8) is 0 Å². The summed E-state index contributed by atoms with van der Waals surface area (Å²) in [6.45, 7) is 2.33. The van der Waals surface area contributed by atoms with Crippen LogP contribution in [0.2, 0.25) is 0 Å². The van der Waals surface area contributed by atoms with Gasteiger partial charge in [-0.05, 0) is 47.8 Å². The van der Waals surface area contributed by atoms with Crippen molar-refractivity contribution in [1.82, 2.24) is 4.98 Å². The summed E-state index contributed by atoms with van der Waals surface area (Å²) in [7, 11) is 0. The van der Waals surface area contributed by atoms with Crippen LogP contribution in [0.5, 0.6) is 0 Å².